The smallest absolute Gasteiger partial charge is 0.384 e. The summed E-state index contributed by atoms with van der Waals surface area (Å²) in [7, 11) is 0. The number of phenolic OH excluding ortho intramolecular Hbond substituents is 1. The second-order valence-electron chi connectivity index (χ2n) is 2.12. The van der Waals surface area contributed by atoms with Gasteiger partial charge in [0.05, 0.1) is 10.0 Å². The molecule has 0 spiro atoms. The van der Waals surface area contributed by atoms with Crippen molar-refractivity contribution in [3.63, 3.8) is 0 Å². The molecule has 1 aromatic rings. The molecule has 0 bridgehead atoms. The van der Waals surface area contributed by atoms with Gasteiger partial charge < -0.3 is 5.11 Å². The molecule has 0 aliphatic heterocycles. The lowest BCUT2D eigenvalue weighted by atomic mass is 10.2. The van der Waals surface area contributed by atoms with Crippen molar-refractivity contribution in [2.45, 2.75) is 0 Å². The van der Waals surface area contributed by atoms with Gasteiger partial charge in [0.25, 0.3) is 0 Å². The quantitative estimate of drug-likeness (QED) is 0.799. The topological polar surface area (TPSA) is 46.5 Å². The summed E-state index contributed by atoms with van der Waals surface area (Å²) in [6, 6.07) is 2.52. The summed E-state index contributed by atoms with van der Waals surface area (Å²) < 4.78 is 11.5. The number of halogens is 3. The Labute approximate surface area is 82.5 Å². The Bertz CT molecular complexity index is 354. The van der Waals surface area contributed by atoms with E-state index in [4.69, 9.17) is 23.2 Å². The van der Waals surface area contributed by atoms with Gasteiger partial charge in [-0.3, -0.25) is 0 Å². The molecule has 0 saturated carbocycles. The maximum atomic E-state index is 11.5. The fourth-order valence-corrected chi connectivity index (χ4v) is 1.16. The average molecular weight is 225 g/mol. The minimum atomic E-state index is -1.38. The molecule has 0 amide bonds. The average Bonchev–Trinajstić information content (AvgIpc) is 2.12. The van der Waals surface area contributed by atoms with Crippen LogP contribution < -0.4 is 0 Å². The molecule has 0 aliphatic rings. The van der Waals surface area contributed by atoms with Gasteiger partial charge in [-0.2, -0.15) is 0 Å². The van der Waals surface area contributed by atoms with Crippen LogP contribution in [0.25, 0.3) is 0 Å². The summed E-state index contributed by atoms with van der Waals surface area (Å²) >= 11 is 10.9. The highest BCUT2D eigenvalue weighted by Gasteiger charge is 2.19. The molecule has 6 heteroatoms. The molecule has 1 rings (SSSR count). The van der Waals surface area contributed by atoms with Crippen molar-refractivity contribution in [3.8, 4) is 5.75 Å². The molecule has 0 unspecified atom stereocenters. The van der Waals surface area contributed by atoms with Crippen molar-refractivity contribution in [1.29, 1.82) is 0 Å². The number of aromatic hydroxyl groups is 1. The third-order valence-corrected chi connectivity index (χ3v) is 1.97. The van der Waals surface area contributed by atoms with Gasteiger partial charge in [0.1, 0.15) is 11.3 Å². The lowest BCUT2D eigenvalue weighted by molar-refractivity contribution is -0.0789. The Hall–Kier alpha value is -1.00. The molecule has 13 heavy (non-hydrogen) atoms. The Morgan fingerprint density at radius 3 is 2.46 bits per heavy atom. The van der Waals surface area contributed by atoms with E-state index in [0.717, 1.165) is 0 Å². The lowest BCUT2D eigenvalue weighted by Crippen LogP contribution is -2.00. The highest BCUT2D eigenvalue weighted by atomic mass is 35.5. The molecule has 1 aromatic carbocycles. The third kappa shape index (κ3) is 1.84. The predicted molar refractivity (Wildman–Crippen MR) is 44.7 cm³/mol. The van der Waals surface area contributed by atoms with Crippen LogP contribution in [0.2, 0.25) is 10.0 Å². The van der Waals surface area contributed by atoms with Crippen LogP contribution in [-0.2, 0) is 4.94 Å². The molecule has 0 fully saturated rings. The monoisotopic (exact) mass is 224 g/mol. The summed E-state index contributed by atoms with van der Waals surface area (Å²) in [6.45, 7) is 0. The molecule has 0 atom stereocenters. The maximum absolute atomic E-state index is 11.5. The number of carbonyl (C=O) groups is 1. The van der Waals surface area contributed by atoms with Gasteiger partial charge in [0, 0.05) is 4.53 Å². The van der Waals surface area contributed by atoms with Crippen LogP contribution in [0.4, 0.5) is 4.53 Å². The first kappa shape index (κ1) is 10.1. The maximum Gasteiger partial charge on any atom is 0.384 e. The zero-order chi connectivity index (χ0) is 10.0. The summed E-state index contributed by atoms with van der Waals surface area (Å²) in [6.07, 6.45) is 0. The van der Waals surface area contributed by atoms with E-state index in [1.807, 2.05) is 0 Å². The number of carbonyl (C=O) groups excluding carboxylic acids is 1. The van der Waals surface area contributed by atoms with Crippen molar-refractivity contribution in [1.82, 2.24) is 0 Å². The van der Waals surface area contributed by atoms with E-state index < -0.39 is 17.3 Å². The van der Waals surface area contributed by atoms with E-state index in [-0.39, 0.29) is 10.0 Å². The molecule has 3 nitrogen and oxygen atoms in total. The Morgan fingerprint density at radius 2 is 1.92 bits per heavy atom. The first-order valence-electron chi connectivity index (χ1n) is 3.07. The Balaban J connectivity index is 3.33. The van der Waals surface area contributed by atoms with E-state index in [0.29, 0.717) is 0 Å². The standard InChI is InChI=1S/C7H3Cl2FO3/c8-3-1-2-4(9)6(11)5(3)7(12)13-10/h1-2,11H. The van der Waals surface area contributed by atoms with Crippen LogP contribution in [0.15, 0.2) is 12.1 Å². The van der Waals surface area contributed by atoms with Crippen LogP contribution in [0.3, 0.4) is 0 Å². The van der Waals surface area contributed by atoms with Gasteiger partial charge in [-0.25, -0.2) is 9.74 Å². The lowest BCUT2D eigenvalue weighted by Gasteiger charge is -2.03. The van der Waals surface area contributed by atoms with Gasteiger partial charge in [-0.15, -0.1) is 0 Å². The normalized spacial score (nSPS) is 9.77. The molecule has 70 valence electrons. The largest absolute Gasteiger partial charge is 0.505 e. The van der Waals surface area contributed by atoms with Gasteiger partial charge in [0.15, 0.2) is 0 Å². The van der Waals surface area contributed by atoms with Gasteiger partial charge in [0.2, 0.25) is 0 Å². The van der Waals surface area contributed by atoms with Gasteiger partial charge >= 0.3 is 5.97 Å². The molecule has 0 aliphatic carbocycles. The van der Waals surface area contributed by atoms with E-state index in [1.165, 1.54) is 12.1 Å². The van der Waals surface area contributed by atoms with Crippen LogP contribution >= 0.6 is 23.2 Å². The Morgan fingerprint density at radius 1 is 1.38 bits per heavy atom. The number of hydrogen-bond acceptors (Lipinski definition) is 3. The number of phenols is 1. The first-order chi connectivity index (χ1) is 6.07. The summed E-state index contributed by atoms with van der Waals surface area (Å²) in [5, 5.41) is 8.95. The van der Waals surface area contributed by atoms with Crippen molar-refractivity contribution < 1.29 is 19.4 Å². The van der Waals surface area contributed by atoms with Crippen LogP contribution in [-0.4, -0.2) is 11.1 Å². The van der Waals surface area contributed by atoms with Crippen molar-refractivity contribution in [3.05, 3.63) is 27.7 Å². The van der Waals surface area contributed by atoms with Gasteiger partial charge in [-0.05, 0) is 12.1 Å². The Kier molecular flexibility index (Phi) is 2.95. The molecular formula is C7H3Cl2FO3. The van der Waals surface area contributed by atoms with E-state index in [1.54, 1.807) is 0 Å². The number of rotatable bonds is 1. The molecule has 0 saturated heterocycles. The number of benzene rings is 1. The number of hydrogen-bond donors (Lipinski definition) is 1. The highest BCUT2D eigenvalue weighted by Crippen LogP contribution is 2.33. The summed E-state index contributed by atoms with van der Waals surface area (Å²) in [4.78, 5) is 13.6. The highest BCUT2D eigenvalue weighted by molar-refractivity contribution is 6.36. The van der Waals surface area contributed by atoms with E-state index >= 15 is 0 Å². The SMILES string of the molecule is O=C(OF)c1c(Cl)ccc(Cl)c1O. The summed E-state index contributed by atoms with van der Waals surface area (Å²) in [5.74, 6) is -1.98. The van der Waals surface area contributed by atoms with Crippen LogP contribution in [0.1, 0.15) is 10.4 Å². The zero-order valence-electron chi connectivity index (χ0n) is 6.05. The van der Waals surface area contributed by atoms with Crippen LogP contribution in [0.5, 0.6) is 5.75 Å². The minimum Gasteiger partial charge on any atom is -0.505 e. The summed E-state index contributed by atoms with van der Waals surface area (Å²) in [5.41, 5.74) is -0.489. The predicted octanol–water partition coefficient (Wildman–Crippen LogP) is 2.74. The molecule has 0 radical (unpaired) electrons. The fraction of sp³-hybridized carbons (Fsp3) is 0. The van der Waals surface area contributed by atoms with Crippen molar-refractivity contribution >= 4 is 29.2 Å². The van der Waals surface area contributed by atoms with Crippen molar-refractivity contribution in [2.24, 2.45) is 0 Å². The van der Waals surface area contributed by atoms with Crippen LogP contribution in [0, 0.1) is 0 Å². The molecule has 0 aromatic heterocycles. The van der Waals surface area contributed by atoms with E-state index in [9.17, 15) is 14.4 Å². The molecule has 1 N–H and O–H groups in total. The second-order valence-corrected chi connectivity index (χ2v) is 2.93. The fourth-order valence-electron chi connectivity index (χ4n) is 0.774. The molecule has 0 heterocycles. The van der Waals surface area contributed by atoms with E-state index in [2.05, 4.69) is 4.94 Å². The first-order valence-corrected chi connectivity index (χ1v) is 3.83. The van der Waals surface area contributed by atoms with Crippen molar-refractivity contribution in [2.75, 3.05) is 0 Å². The third-order valence-electron chi connectivity index (χ3n) is 1.35. The van der Waals surface area contributed by atoms with Gasteiger partial charge in [-0.1, -0.05) is 23.2 Å². The zero-order valence-corrected chi connectivity index (χ0v) is 7.56. The second kappa shape index (κ2) is 3.81. The minimum absolute atomic E-state index is 0.107. The molecular weight excluding hydrogens is 222 g/mol.